The molecule has 24 heavy (non-hydrogen) atoms. The van der Waals surface area contributed by atoms with E-state index in [0.29, 0.717) is 23.5 Å². The summed E-state index contributed by atoms with van der Waals surface area (Å²) in [5, 5.41) is 2.72. The van der Waals surface area contributed by atoms with E-state index in [2.05, 4.69) is 10.0 Å². The first kappa shape index (κ1) is 17.8. The summed E-state index contributed by atoms with van der Waals surface area (Å²) in [5.74, 6) is 0.551. The van der Waals surface area contributed by atoms with Gasteiger partial charge in [-0.3, -0.25) is 9.52 Å². The van der Waals surface area contributed by atoms with Gasteiger partial charge in [-0.2, -0.15) is 0 Å². The van der Waals surface area contributed by atoms with Crippen molar-refractivity contribution in [2.24, 2.45) is 0 Å². The molecular weight excluding hydrogens is 328 g/mol. The predicted molar refractivity (Wildman–Crippen MR) is 93.8 cm³/mol. The zero-order valence-electron chi connectivity index (χ0n) is 13.6. The number of amides is 1. The molecule has 0 aliphatic heterocycles. The first-order chi connectivity index (χ1) is 11.4. The van der Waals surface area contributed by atoms with Crippen LogP contribution < -0.4 is 14.8 Å². The van der Waals surface area contributed by atoms with Crippen LogP contribution in [-0.4, -0.2) is 21.4 Å². The van der Waals surface area contributed by atoms with Crippen molar-refractivity contribution < 1.29 is 17.9 Å². The van der Waals surface area contributed by atoms with Gasteiger partial charge in [-0.25, -0.2) is 8.42 Å². The second kappa shape index (κ2) is 7.83. The largest absolute Gasteiger partial charge is 0.497 e. The number of rotatable bonds is 7. The summed E-state index contributed by atoms with van der Waals surface area (Å²) < 4.78 is 32.3. The molecule has 0 fully saturated rings. The van der Waals surface area contributed by atoms with E-state index in [1.54, 1.807) is 43.5 Å². The molecule has 0 radical (unpaired) electrons. The number of methoxy groups -OCH3 is 1. The van der Waals surface area contributed by atoms with Crippen molar-refractivity contribution in [3.63, 3.8) is 0 Å². The van der Waals surface area contributed by atoms with Crippen LogP contribution in [0.15, 0.2) is 53.4 Å². The smallest absolute Gasteiger partial charge is 0.261 e. The molecule has 2 N–H and O–H groups in total. The van der Waals surface area contributed by atoms with Crippen LogP contribution in [0.5, 0.6) is 5.75 Å². The molecule has 128 valence electrons. The number of carbonyl (C=O) groups is 1. The molecule has 2 aromatic rings. The number of ether oxygens (including phenoxy) is 1. The number of hydrogen-bond donors (Lipinski definition) is 2. The molecule has 0 aliphatic carbocycles. The van der Waals surface area contributed by atoms with Crippen LogP contribution in [0.2, 0.25) is 0 Å². The van der Waals surface area contributed by atoms with E-state index < -0.39 is 10.0 Å². The maximum absolute atomic E-state index is 12.4. The van der Waals surface area contributed by atoms with E-state index in [1.165, 1.54) is 12.1 Å². The average molecular weight is 348 g/mol. The summed E-state index contributed by atoms with van der Waals surface area (Å²) in [6.45, 7) is 1.92. The zero-order valence-corrected chi connectivity index (χ0v) is 14.4. The first-order valence-corrected chi connectivity index (χ1v) is 8.99. The summed E-state index contributed by atoms with van der Waals surface area (Å²) in [6, 6.07) is 12.6. The Labute approximate surface area is 141 Å². The van der Waals surface area contributed by atoms with Crippen LogP contribution in [0.1, 0.15) is 19.8 Å². The molecule has 0 atom stereocenters. The van der Waals surface area contributed by atoms with Crippen molar-refractivity contribution in [3.05, 3.63) is 48.5 Å². The van der Waals surface area contributed by atoms with Crippen LogP contribution in [0.4, 0.5) is 11.4 Å². The normalized spacial score (nSPS) is 10.9. The Morgan fingerprint density at radius 1 is 1.00 bits per heavy atom. The summed E-state index contributed by atoms with van der Waals surface area (Å²) in [4.78, 5) is 11.7. The Hall–Kier alpha value is -2.54. The van der Waals surface area contributed by atoms with Gasteiger partial charge in [0.15, 0.2) is 0 Å². The number of nitrogens with one attached hydrogen (secondary N) is 2. The van der Waals surface area contributed by atoms with Gasteiger partial charge >= 0.3 is 0 Å². The van der Waals surface area contributed by atoms with Crippen LogP contribution >= 0.6 is 0 Å². The quantitative estimate of drug-likeness (QED) is 0.804. The standard InChI is InChI=1S/C17H20N2O4S/c1-3-4-17(20)18-13-7-11-16(12-8-13)24(21,22)19-14-5-9-15(23-2)10-6-14/h5-12,19H,3-4H2,1-2H3,(H,18,20). The Balaban J connectivity index is 2.09. The van der Waals surface area contributed by atoms with Gasteiger partial charge < -0.3 is 10.1 Å². The first-order valence-electron chi connectivity index (χ1n) is 7.51. The van der Waals surface area contributed by atoms with Crippen molar-refractivity contribution in [2.75, 3.05) is 17.1 Å². The molecule has 6 nitrogen and oxygen atoms in total. The minimum Gasteiger partial charge on any atom is -0.497 e. The maximum Gasteiger partial charge on any atom is 0.261 e. The number of anilines is 2. The van der Waals surface area contributed by atoms with Crippen molar-refractivity contribution >= 4 is 27.3 Å². The second-order valence-electron chi connectivity index (χ2n) is 5.16. The Morgan fingerprint density at radius 3 is 2.12 bits per heavy atom. The van der Waals surface area contributed by atoms with E-state index in [-0.39, 0.29) is 10.8 Å². The Morgan fingerprint density at radius 2 is 1.58 bits per heavy atom. The van der Waals surface area contributed by atoms with Gasteiger partial charge in [0, 0.05) is 17.8 Å². The average Bonchev–Trinajstić information content (AvgIpc) is 2.56. The molecule has 0 saturated heterocycles. The highest BCUT2D eigenvalue weighted by Gasteiger charge is 2.14. The number of hydrogen-bond acceptors (Lipinski definition) is 4. The van der Waals surface area contributed by atoms with Crippen molar-refractivity contribution in [2.45, 2.75) is 24.7 Å². The molecular formula is C17H20N2O4S. The fourth-order valence-electron chi connectivity index (χ4n) is 2.04. The summed E-state index contributed by atoms with van der Waals surface area (Å²) >= 11 is 0. The molecule has 1 amide bonds. The lowest BCUT2D eigenvalue weighted by molar-refractivity contribution is -0.116. The third kappa shape index (κ3) is 4.73. The van der Waals surface area contributed by atoms with Crippen molar-refractivity contribution in [1.29, 1.82) is 0 Å². The Kier molecular flexibility index (Phi) is 5.81. The summed E-state index contributed by atoms with van der Waals surface area (Å²) in [5.41, 5.74) is 1.01. The van der Waals surface area contributed by atoms with Crippen LogP contribution in [0, 0.1) is 0 Å². The maximum atomic E-state index is 12.4. The van der Waals surface area contributed by atoms with E-state index in [4.69, 9.17) is 4.74 Å². The van der Waals surface area contributed by atoms with Gasteiger partial charge in [0.2, 0.25) is 5.91 Å². The van der Waals surface area contributed by atoms with Crippen LogP contribution in [-0.2, 0) is 14.8 Å². The molecule has 0 heterocycles. The second-order valence-corrected chi connectivity index (χ2v) is 6.84. The molecule has 0 unspecified atom stereocenters. The lowest BCUT2D eigenvalue weighted by Crippen LogP contribution is -2.13. The number of benzene rings is 2. The molecule has 2 rings (SSSR count). The molecule has 2 aromatic carbocycles. The third-order valence-corrected chi connectivity index (χ3v) is 4.66. The predicted octanol–water partition coefficient (Wildman–Crippen LogP) is 3.23. The highest BCUT2D eigenvalue weighted by atomic mass is 32.2. The van der Waals surface area contributed by atoms with Crippen LogP contribution in [0.25, 0.3) is 0 Å². The fourth-order valence-corrected chi connectivity index (χ4v) is 3.10. The van der Waals surface area contributed by atoms with Gasteiger partial charge in [-0.1, -0.05) is 6.92 Å². The minimum atomic E-state index is -3.69. The van der Waals surface area contributed by atoms with Crippen molar-refractivity contribution in [1.82, 2.24) is 0 Å². The van der Waals surface area contributed by atoms with E-state index in [9.17, 15) is 13.2 Å². The SMILES string of the molecule is CCCC(=O)Nc1ccc(S(=O)(=O)Nc2ccc(OC)cc2)cc1. The highest BCUT2D eigenvalue weighted by molar-refractivity contribution is 7.92. The Bertz CT molecular complexity index is 784. The fraction of sp³-hybridized carbons (Fsp3) is 0.235. The molecule has 0 spiro atoms. The minimum absolute atomic E-state index is 0.0931. The lowest BCUT2D eigenvalue weighted by atomic mass is 10.3. The van der Waals surface area contributed by atoms with Gasteiger partial charge in [0.05, 0.1) is 12.0 Å². The van der Waals surface area contributed by atoms with Gasteiger partial charge in [0.1, 0.15) is 5.75 Å². The number of carbonyl (C=O) groups excluding carboxylic acids is 1. The van der Waals surface area contributed by atoms with E-state index >= 15 is 0 Å². The van der Waals surface area contributed by atoms with Gasteiger partial charge in [-0.15, -0.1) is 0 Å². The van der Waals surface area contributed by atoms with E-state index in [1.807, 2.05) is 6.92 Å². The topological polar surface area (TPSA) is 84.5 Å². The van der Waals surface area contributed by atoms with Crippen molar-refractivity contribution in [3.8, 4) is 5.75 Å². The zero-order chi connectivity index (χ0) is 17.6. The van der Waals surface area contributed by atoms with E-state index in [0.717, 1.165) is 6.42 Å². The number of sulfonamides is 1. The van der Waals surface area contributed by atoms with Crippen LogP contribution in [0.3, 0.4) is 0 Å². The molecule has 0 aliphatic rings. The molecule has 0 saturated carbocycles. The monoisotopic (exact) mass is 348 g/mol. The summed E-state index contributed by atoms with van der Waals surface area (Å²) in [7, 11) is -2.15. The third-order valence-electron chi connectivity index (χ3n) is 3.27. The molecule has 7 heteroatoms. The highest BCUT2D eigenvalue weighted by Crippen LogP contribution is 2.20. The van der Waals surface area contributed by atoms with Gasteiger partial charge in [0.25, 0.3) is 10.0 Å². The molecule has 0 bridgehead atoms. The van der Waals surface area contributed by atoms with Gasteiger partial charge in [-0.05, 0) is 55.0 Å². The molecule has 0 aromatic heterocycles. The lowest BCUT2D eigenvalue weighted by Gasteiger charge is -2.10. The summed E-state index contributed by atoms with van der Waals surface area (Å²) in [6.07, 6.45) is 1.18.